The van der Waals surface area contributed by atoms with Crippen LogP contribution in [0.1, 0.15) is 19.8 Å². The van der Waals surface area contributed by atoms with Crippen molar-refractivity contribution >= 4 is 29.3 Å². The number of fused-ring (bicyclic) bond motifs is 1. The van der Waals surface area contributed by atoms with E-state index in [0.717, 1.165) is 17.9 Å². The van der Waals surface area contributed by atoms with Gasteiger partial charge in [-0.25, -0.2) is 0 Å². The van der Waals surface area contributed by atoms with Gasteiger partial charge in [-0.15, -0.1) is 11.8 Å². The summed E-state index contributed by atoms with van der Waals surface area (Å²) < 4.78 is 5.62. The Labute approximate surface area is 164 Å². The number of para-hydroxylation sites is 2. The molecule has 142 valence electrons. The van der Waals surface area contributed by atoms with Crippen LogP contribution in [-0.4, -0.2) is 36.8 Å². The molecule has 27 heavy (non-hydrogen) atoms. The summed E-state index contributed by atoms with van der Waals surface area (Å²) in [4.78, 5) is 27.4. The molecule has 0 aromatic heterocycles. The van der Waals surface area contributed by atoms with Crippen molar-refractivity contribution in [2.24, 2.45) is 0 Å². The molecular weight excluding hydrogens is 360 g/mol. The molecule has 1 N–H and O–H groups in total. The van der Waals surface area contributed by atoms with Gasteiger partial charge >= 0.3 is 0 Å². The molecule has 2 amide bonds. The van der Waals surface area contributed by atoms with E-state index < -0.39 is 6.10 Å². The SMILES string of the molecule is C[C@@H]1Oc2ccccc2N(CCC(=O)NCCCSc2ccccc2)C1=O. The normalized spacial score (nSPS) is 15.8. The largest absolute Gasteiger partial charge is 0.479 e. The summed E-state index contributed by atoms with van der Waals surface area (Å²) in [7, 11) is 0. The highest BCUT2D eigenvalue weighted by Crippen LogP contribution is 2.33. The van der Waals surface area contributed by atoms with Gasteiger partial charge in [0.2, 0.25) is 5.91 Å². The summed E-state index contributed by atoms with van der Waals surface area (Å²) in [6.07, 6.45) is 0.651. The number of thioether (sulfide) groups is 1. The molecule has 0 saturated heterocycles. The summed E-state index contributed by atoms with van der Waals surface area (Å²) in [6.45, 7) is 2.73. The summed E-state index contributed by atoms with van der Waals surface area (Å²) in [6, 6.07) is 17.6. The van der Waals surface area contributed by atoms with E-state index in [1.54, 1.807) is 23.6 Å². The maximum Gasteiger partial charge on any atom is 0.267 e. The molecule has 6 heteroatoms. The predicted molar refractivity (Wildman–Crippen MR) is 108 cm³/mol. The van der Waals surface area contributed by atoms with E-state index in [-0.39, 0.29) is 18.2 Å². The Morgan fingerprint density at radius 2 is 1.89 bits per heavy atom. The number of anilines is 1. The van der Waals surface area contributed by atoms with Crippen LogP contribution in [0.2, 0.25) is 0 Å². The van der Waals surface area contributed by atoms with E-state index in [9.17, 15) is 9.59 Å². The van der Waals surface area contributed by atoms with Crippen molar-refractivity contribution in [1.29, 1.82) is 0 Å². The third-order valence-corrected chi connectivity index (χ3v) is 5.39. The van der Waals surface area contributed by atoms with Gasteiger partial charge in [0.25, 0.3) is 5.91 Å². The zero-order valence-corrected chi connectivity index (χ0v) is 16.2. The highest BCUT2D eigenvalue weighted by atomic mass is 32.2. The number of rotatable bonds is 8. The van der Waals surface area contributed by atoms with Gasteiger partial charge in [0.05, 0.1) is 5.69 Å². The van der Waals surface area contributed by atoms with Crippen LogP contribution in [0.25, 0.3) is 0 Å². The third-order valence-electron chi connectivity index (χ3n) is 4.29. The molecule has 0 spiro atoms. The van der Waals surface area contributed by atoms with Gasteiger partial charge in [-0.05, 0) is 43.4 Å². The fourth-order valence-electron chi connectivity index (χ4n) is 2.90. The van der Waals surface area contributed by atoms with Gasteiger partial charge in [0.1, 0.15) is 5.75 Å². The van der Waals surface area contributed by atoms with Crippen LogP contribution in [0.15, 0.2) is 59.5 Å². The van der Waals surface area contributed by atoms with Crippen molar-refractivity contribution in [1.82, 2.24) is 5.32 Å². The second-order valence-electron chi connectivity index (χ2n) is 6.33. The maximum atomic E-state index is 12.4. The standard InChI is InChI=1S/C21H24N2O3S/c1-16-21(25)23(18-10-5-6-11-19(18)26-16)14-12-20(24)22-13-7-15-27-17-8-3-2-4-9-17/h2-6,8-11,16H,7,12-15H2,1H3,(H,22,24)/t16-/m0/s1. The predicted octanol–water partition coefficient (Wildman–Crippen LogP) is 3.49. The van der Waals surface area contributed by atoms with Crippen molar-refractivity contribution in [3.63, 3.8) is 0 Å². The molecule has 0 unspecified atom stereocenters. The number of amides is 2. The molecule has 2 aromatic rings. The molecule has 1 heterocycles. The molecule has 1 atom stereocenters. The van der Waals surface area contributed by atoms with Crippen molar-refractivity contribution in [2.45, 2.75) is 30.8 Å². The molecular formula is C21H24N2O3S. The minimum Gasteiger partial charge on any atom is -0.479 e. The second kappa shape index (κ2) is 9.46. The third kappa shape index (κ3) is 5.26. The lowest BCUT2D eigenvalue weighted by Gasteiger charge is -2.32. The lowest BCUT2D eigenvalue weighted by molar-refractivity contribution is -0.125. The average Bonchev–Trinajstić information content (AvgIpc) is 2.69. The van der Waals surface area contributed by atoms with E-state index in [1.807, 2.05) is 42.5 Å². The minimum atomic E-state index is -0.530. The maximum absolute atomic E-state index is 12.4. The Hall–Kier alpha value is -2.47. The lowest BCUT2D eigenvalue weighted by atomic mass is 10.1. The zero-order valence-electron chi connectivity index (χ0n) is 15.4. The van der Waals surface area contributed by atoms with E-state index in [1.165, 1.54) is 4.90 Å². The monoisotopic (exact) mass is 384 g/mol. The number of ether oxygens (including phenoxy) is 1. The Balaban J connectivity index is 1.40. The van der Waals surface area contributed by atoms with Crippen LogP contribution >= 0.6 is 11.8 Å². The summed E-state index contributed by atoms with van der Waals surface area (Å²) in [5, 5.41) is 2.94. The van der Waals surface area contributed by atoms with Gasteiger partial charge in [-0.1, -0.05) is 30.3 Å². The molecule has 1 aliphatic rings. The zero-order chi connectivity index (χ0) is 19.1. The lowest BCUT2D eigenvalue weighted by Crippen LogP contribution is -2.45. The summed E-state index contributed by atoms with van der Waals surface area (Å²) >= 11 is 1.78. The highest BCUT2D eigenvalue weighted by Gasteiger charge is 2.31. The Morgan fingerprint density at radius 1 is 1.15 bits per heavy atom. The smallest absolute Gasteiger partial charge is 0.267 e. The quantitative estimate of drug-likeness (QED) is 0.559. The number of carbonyl (C=O) groups is 2. The number of hydrogen-bond acceptors (Lipinski definition) is 4. The molecule has 0 saturated carbocycles. The first kappa shape index (κ1) is 19.3. The van der Waals surface area contributed by atoms with Crippen LogP contribution < -0.4 is 15.0 Å². The van der Waals surface area contributed by atoms with E-state index >= 15 is 0 Å². The van der Waals surface area contributed by atoms with Gasteiger partial charge in [0, 0.05) is 24.4 Å². The molecule has 2 aromatic carbocycles. The number of nitrogens with zero attached hydrogens (tertiary/aromatic N) is 1. The first-order valence-electron chi connectivity index (χ1n) is 9.17. The minimum absolute atomic E-state index is 0.0378. The second-order valence-corrected chi connectivity index (χ2v) is 7.50. The van der Waals surface area contributed by atoms with Crippen LogP contribution in [0.4, 0.5) is 5.69 Å². The molecule has 0 aliphatic carbocycles. The topological polar surface area (TPSA) is 58.6 Å². The van der Waals surface area contributed by atoms with Gasteiger partial charge in [-0.3, -0.25) is 9.59 Å². The van der Waals surface area contributed by atoms with Crippen molar-refractivity contribution < 1.29 is 14.3 Å². The van der Waals surface area contributed by atoms with Crippen molar-refractivity contribution in [2.75, 3.05) is 23.7 Å². The first-order valence-corrected chi connectivity index (χ1v) is 10.2. The molecule has 0 radical (unpaired) electrons. The molecule has 5 nitrogen and oxygen atoms in total. The Morgan fingerprint density at radius 3 is 2.70 bits per heavy atom. The highest BCUT2D eigenvalue weighted by molar-refractivity contribution is 7.99. The first-order chi connectivity index (χ1) is 13.1. The van der Waals surface area contributed by atoms with Crippen LogP contribution in [0, 0.1) is 0 Å². The van der Waals surface area contributed by atoms with E-state index in [0.29, 0.717) is 18.8 Å². The number of benzene rings is 2. The molecule has 0 fully saturated rings. The molecule has 0 bridgehead atoms. The van der Waals surface area contributed by atoms with Crippen LogP contribution in [0.3, 0.4) is 0 Å². The number of carbonyl (C=O) groups excluding carboxylic acids is 2. The van der Waals surface area contributed by atoms with E-state index in [2.05, 4.69) is 17.4 Å². The van der Waals surface area contributed by atoms with Crippen LogP contribution in [-0.2, 0) is 9.59 Å². The Kier molecular flexibility index (Phi) is 6.76. The number of nitrogens with one attached hydrogen (secondary N) is 1. The Bertz CT molecular complexity index is 782. The van der Waals surface area contributed by atoms with Crippen LogP contribution in [0.5, 0.6) is 5.75 Å². The molecule has 1 aliphatic heterocycles. The average molecular weight is 385 g/mol. The van der Waals surface area contributed by atoms with Gasteiger partial charge in [0.15, 0.2) is 6.10 Å². The molecule has 3 rings (SSSR count). The van der Waals surface area contributed by atoms with Crippen molar-refractivity contribution in [3.05, 3.63) is 54.6 Å². The van der Waals surface area contributed by atoms with Gasteiger partial charge in [-0.2, -0.15) is 0 Å². The van der Waals surface area contributed by atoms with Gasteiger partial charge < -0.3 is 15.0 Å². The fraction of sp³-hybridized carbons (Fsp3) is 0.333. The summed E-state index contributed by atoms with van der Waals surface area (Å²) in [5.74, 6) is 1.49. The van der Waals surface area contributed by atoms with Crippen molar-refractivity contribution in [3.8, 4) is 5.75 Å². The summed E-state index contributed by atoms with van der Waals surface area (Å²) in [5.41, 5.74) is 0.729. The number of hydrogen-bond donors (Lipinski definition) is 1. The van der Waals surface area contributed by atoms with E-state index in [4.69, 9.17) is 4.74 Å². The fourth-order valence-corrected chi connectivity index (χ4v) is 3.77.